The summed E-state index contributed by atoms with van der Waals surface area (Å²) in [6, 6.07) is 22.3. The van der Waals surface area contributed by atoms with Crippen molar-refractivity contribution >= 4 is 11.8 Å². The standard InChI is InChI=1S/C34H45N3O3/c1-3-4-11-21-36(34(39)30-17-9-6-10-18-30)27-33(38)37(24-28-14-7-5-8-15-28)26-31-19-13-22-35(31)25-29-16-12-20-32(23-29)40-2/h5,7-8,12-16,19-20,22-23,30H,3-4,6,9-11,17-18,21,24-27H2,1-2H3. The number of methoxy groups -OCH3 is 1. The SMILES string of the molecule is CCCCCN(CC(=O)N(Cc1ccccc1)Cc1cccn1Cc1cccc(OC)c1)C(=O)C1CCCCC1. The molecule has 1 saturated carbocycles. The highest BCUT2D eigenvalue weighted by molar-refractivity contribution is 5.86. The molecule has 0 radical (unpaired) electrons. The van der Waals surface area contributed by atoms with Gasteiger partial charge in [-0.1, -0.05) is 81.5 Å². The number of nitrogens with zero attached hydrogens (tertiary/aromatic N) is 3. The van der Waals surface area contributed by atoms with Crippen LogP contribution in [0.1, 0.15) is 75.1 Å². The van der Waals surface area contributed by atoms with Crippen molar-refractivity contribution in [3.8, 4) is 5.75 Å². The van der Waals surface area contributed by atoms with E-state index in [0.29, 0.717) is 26.2 Å². The molecule has 0 atom stereocenters. The zero-order valence-corrected chi connectivity index (χ0v) is 24.3. The van der Waals surface area contributed by atoms with Crippen LogP contribution in [0.5, 0.6) is 5.75 Å². The van der Waals surface area contributed by atoms with Gasteiger partial charge in [0.05, 0.1) is 20.2 Å². The number of hydrogen-bond donors (Lipinski definition) is 0. The van der Waals surface area contributed by atoms with Crippen molar-refractivity contribution in [2.75, 3.05) is 20.2 Å². The van der Waals surface area contributed by atoms with Gasteiger partial charge in [-0.3, -0.25) is 9.59 Å². The van der Waals surface area contributed by atoms with Gasteiger partial charge in [0.1, 0.15) is 5.75 Å². The monoisotopic (exact) mass is 543 g/mol. The number of carbonyl (C=O) groups excluding carboxylic acids is 2. The number of rotatable bonds is 14. The van der Waals surface area contributed by atoms with Crippen molar-refractivity contribution in [1.82, 2.24) is 14.4 Å². The summed E-state index contributed by atoms with van der Waals surface area (Å²) in [5.74, 6) is 1.06. The van der Waals surface area contributed by atoms with E-state index < -0.39 is 0 Å². The average molecular weight is 544 g/mol. The second kappa shape index (κ2) is 15.3. The highest BCUT2D eigenvalue weighted by Gasteiger charge is 2.28. The maximum absolute atomic E-state index is 14.0. The summed E-state index contributed by atoms with van der Waals surface area (Å²) >= 11 is 0. The van der Waals surface area contributed by atoms with Crippen LogP contribution in [-0.4, -0.2) is 46.4 Å². The van der Waals surface area contributed by atoms with E-state index in [1.807, 2.05) is 52.3 Å². The van der Waals surface area contributed by atoms with Gasteiger partial charge in [0.2, 0.25) is 11.8 Å². The molecule has 3 aromatic rings. The quantitative estimate of drug-likeness (QED) is 0.213. The lowest BCUT2D eigenvalue weighted by Crippen LogP contribution is -2.45. The fourth-order valence-corrected chi connectivity index (χ4v) is 5.64. The second-order valence-electron chi connectivity index (χ2n) is 11.0. The number of aromatic nitrogens is 1. The van der Waals surface area contributed by atoms with Crippen LogP contribution in [0.2, 0.25) is 0 Å². The van der Waals surface area contributed by atoms with Crippen LogP contribution in [-0.2, 0) is 29.2 Å². The van der Waals surface area contributed by atoms with E-state index in [2.05, 4.69) is 42.0 Å². The molecule has 4 rings (SSSR count). The normalized spacial score (nSPS) is 13.7. The molecule has 2 aromatic carbocycles. The first kappa shape index (κ1) is 29.4. The van der Waals surface area contributed by atoms with Crippen molar-refractivity contribution in [3.05, 3.63) is 89.7 Å². The first-order chi connectivity index (χ1) is 19.6. The fraction of sp³-hybridized carbons (Fsp3) is 0.471. The molecule has 1 aliphatic carbocycles. The van der Waals surface area contributed by atoms with Gasteiger partial charge in [-0.05, 0) is 54.7 Å². The largest absolute Gasteiger partial charge is 0.497 e. The van der Waals surface area contributed by atoms with Gasteiger partial charge in [-0.25, -0.2) is 0 Å². The zero-order chi connectivity index (χ0) is 28.2. The van der Waals surface area contributed by atoms with Crippen LogP contribution < -0.4 is 4.74 Å². The molecule has 6 heteroatoms. The fourth-order valence-electron chi connectivity index (χ4n) is 5.64. The minimum absolute atomic E-state index is 0.00126. The summed E-state index contributed by atoms with van der Waals surface area (Å²) in [4.78, 5) is 31.3. The van der Waals surface area contributed by atoms with Crippen molar-refractivity contribution in [2.45, 2.75) is 77.9 Å². The molecule has 1 fully saturated rings. The van der Waals surface area contributed by atoms with Crippen LogP contribution in [0, 0.1) is 5.92 Å². The summed E-state index contributed by atoms with van der Waals surface area (Å²) in [5, 5.41) is 0. The predicted octanol–water partition coefficient (Wildman–Crippen LogP) is 6.67. The first-order valence-corrected chi connectivity index (χ1v) is 14.9. The molecule has 0 bridgehead atoms. The van der Waals surface area contributed by atoms with Gasteiger partial charge in [-0.2, -0.15) is 0 Å². The number of carbonyl (C=O) groups is 2. The summed E-state index contributed by atoms with van der Waals surface area (Å²) in [6.45, 7) is 4.63. The molecule has 1 aromatic heterocycles. The molecule has 1 heterocycles. The molecule has 2 amide bonds. The van der Waals surface area contributed by atoms with Crippen molar-refractivity contribution in [3.63, 3.8) is 0 Å². The van der Waals surface area contributed by atoms with Gasteiger partial charge in [0, 0.05) is 37.4 Å². The Morgan fingerprint density at radius 1 is 0.875 bits per heavy atom. The molecule has 6 nitrogen and oxygen atoms in total. The minimum Gasteiger partial charge on any atom is -0.497 e. The molecular weight excluding hydrogens is 498 g/mol. The van der Waals surface area contributed by atoms with Gasteiger partial charge in [0.15, 0.2) is 0 Å². The maximum Gasteiger partial charge on any atom is 0.242 e. The highest BCUT2D eigenvalue weighted by Crippen LogP contribution is 2.26. The molecular formula is C34H45N3O3. The van der Waals surface area contributed by atoms with E-state index >= 15 is 0 Å². The predicted molar refractivity (Wildman–Crippen MR) is 160 cm³/mol. The Bertz CT molecular complexity index is 1200. The Morgan fingerprint density at radius 2 is 1.65 bits per heavy atom. The Morgan fingerprint density at radius 3 is 2.40 bits per heavy atom. The lowest BCUT2D eigenvalue weighted by Gasteiger charge is -2.31. The third-order valence-corrected chi connectivity index (χ3v) is 7.96. The molecule has 1 aliphatic rings. The molecule has 0 unspecified atom stereocenters. The van der Waals surface area contributed by atoms with Crippen LogP contribution in [0.25, 0.3) is 0 Å². The highest BCUT2D eigenvalue weighted by atomic mass is 16.5. The first-order valence-electron chi connectivity index (χ1n) is 14.9. The van der Waals surface area contributed by atoms with Crippen molar-refractivity contribution in [2.24, 2.45) is 5.92 Å². The van der Waals surface area contributed by atoms with E-state index in [1.54, 1.807) is 7.11 Å². The second-order valence-corrected chi connectivity index (χ2v) is 11.0. The summed E-state index contributed by atoms with van der Waals surface area (Å²) < 4.78 is 7.59. The Hall–Kier alpha value is -3.54. The zero-order valence-electron chi connectivity index (χ0n) is 24.3. The summed E-state index contributed by atoms with van der Waals surface area (Å²) in [6.07, 6.45) is 10.5. The summed E-state index contributed by atoms with van der Waals surface area (Å²) in [7, 11) is 1.68. The Labute approximate surface area is 239 Å². The lowest BCUT2D eigenvalue weighted by atomic mass is 9.88. The minimum atomic E-state index is -0.00126. The molecule has 0 aliphatic heterocycles. The number of unbranched alkanes of at least 4 members (excludes halogenated alkanes) is 2. The van der Waals surface area contributed by atoms with Crippen molar-refractivity contribution < 1.29 is 14.3 Å². The average Bonchev–Trinajstić information content (AvgIpc) is 3.43. The van der Waals surface area contributed by atoms with E-state index in [9.17, 15) is 9.59 Å². The lowest BCUT2D eigenvalue weighted by molar-refractivity contribution is -0.144. The topological polar surface area (TPSA) is 54.8 Å². The molecule has 40 heavy (non-hydrogen) atoms. The Kier molecular flexibility index (Phi) is 11.3. The third-order valence-electron chi connectivity index (χ3n) is 7.96. The molecule has 0 N–H and O–H groups in total. The van der Waals surface area contributed by atoms with Crippen LogP contribution in [0.3, 0.4) is 0 Å². The number of amides is 2. The maximum atomic E-state index is 14.0. The van der Waals surface area contributed by atoms with Crippen LogP contribution >= 0.6 is 0 Å². The van der Waals surface area contributed by atoms with Crippen molar-refractivity contribution in [1.29, 1.82) is 0 Å². The Balaban J connectivity index is 1.53. The van der Waals surface area contributed by atoms with E-state index in [0.717, 1.165) is 67.5 Å². The number of hydrogen-bond acceptors (Lipinski definition) is 3. The van der Waals surface area contributed by atoms with Gasteiger partial charge < -0.3 is 19.1 Å². The number of benzene rings is 2. The van der Waals surface area contributed by atoms with Gasteiger partial charge in [0.25, 0.3) is 0 Å². The van der Waals surface area contributed by atoms with Crippen LogP contribution in [0.4, 0.5) is 0 Å². The van der Waals surface area contributed by atoms with Crippen LogP contribution in [0.15, 0.2) is 72.9 Å². The molecule has 0 spiro atoms. The number of ether oxygens (including phenoxy) is 1. The van der Waals surface area contributed by atoms with Gasteiger partial charge in [-0.15, -0.1) is 0 Å². The summed E-state index contributed by atoms with van der Waals surface area (Å²) in [5.41, 5.74) is 3.28. The molecule has 0 saturated heterocycles. The van der Waals surface area contributed by atoms with E-state index in [4.69, 9.17) is 4.74 Å². The third kappa shape index (κ3) is 8.48. The molecule has 214 valence electrons. The smallest absolute Gasteiger partial charge is 0.242 e. The van der Waals surface area contributed by atoms with Gasteiger partial charge >= 0.3 is 0 Å². The van der Waals surface area contributed by atoms with E-state index in [-0.39, 0.29) is 24.3 Å². The van der Waals surface area contributed by atoms with E-state index in [1.165, 1.54) is 6.42 Å².